The minimum absolute atomic E-state index is 0.0534. The van der Waals surface area contributed by atoms with Crippen LogP contribution in [0.25, 0.3) is 16.9 Å². The second kappa shape index (κ2) is 8.63. The van der Waals surface area contributed by atoms with Crippen LogP contribution in [0, 0.1) is 5.92 Å². The van der Waals surface area contributed by atoms with E-state index >= 15 is 0 Å². The van der Waals surface area contributed by atoms with Gasteiger partial charge in [-0.25, -0.2) is 4.98 Å². The zero-order chi connectivity index (χ0) is 21.1. The van der Waals surface area contributed by atoms with E-state index in [9.17, 15) is 14.7 Å². The van der Waals surface area contributed by atoms with Gasteiger partial charge in [0.1, 0.15) is 5.69 Å². The van der Waals surface area contributed by atoms with Crippen LogP contribution in [0.4, 0.5) is 0 Å². The molecule has 2 N–H and O–H groups in total. The second-order valence-electron chi connectivity index (χ2n) is 7.06. The summed E-state index contributed by atoms with van der Waals surface area (Å²) in [7, 11) is 0. The molecule has 1 aromatic carbocycles. The van der Waals surface area contributed by atoms with Gasteiger partial charge in [-0.1, -0.05) is 49.7 Å². The molecule has 1 amide bonds. The number of aliphatic hydroxyl groups is 1. The highest BCUT2D eigenvalue weighted by molar-refractivity contribution is 6.33. The van der Waals surface area contributed by atoms with E-state index in [1.165, 1.54) is 15.2 Å². The van der Waals surface area contributed by atoms with Gasteiger partial charge in [-0.05, 0) is 12.0 Å². The third-order valence-electron chi connectivity index (χ3n) is 4.73. The molecule has 0 unspecified atom stereocenters. The van der Waals surface area contributed by atoms with Crippen LogP contribution >= 0.6 is 11.6 Å². The van der Waals surface area contributed by atoms with E-state index in [1.807, 2.05) is 32.0 Å². The van der Waals surface area contributed by atoms with Crippen molar-refractivity contribution in [2.24, 2.45) is 5.92 Å². The van der Waals surface area contributed by atoms with Gasteiger partial charge in [0.25, 0.3) is 11.5 Å². The van der Waals surface area contributed by atoms with Crippen molar-refractivity contribution in [2.45, 2.75) is 26.4 Å². The summed E-state index contributed by atoms with van der Waals surface area (Å²) in [6.45, 7) is 7.60. The van der Waals surface area contributed by atoms with Gasteiger partial charge in [-0.2, -0.15) is 0 Å². The van der Waals surface area contributed by atoms with E-state index in [0.29, 0.717) is 16.3 Å². The number of allylic oxidation sites excluding steroid dienone is 1. The molecule has 0 aliphatic rings. The Hall–Kier alpha value is -2.90. The van der Waals surface area contributed by atoms with Gasteiger partial charge < -0.3 is 10.4 Å². The quantitative estimate of drug-likeness (QED) is 0.582. The molecule has 1 atom stereocenters. The molecular weight excluding hydrogens is 392 g/mol. The molecule has 152 valence electrons. The summed E-state index contributed by atoms with van der Waals surface area (Å²) in [6, 6.07) is 6.82. The van der Waals surface area contributed by atoms with Crippen molar-refractivity contribution in [1.82, 2.24) is 19.3 Å². The fraction of sp³-hybridized carbons (Fsp3) is 0.286. The summed E-state index contributed by atoms with van der Waals surface area (Å²) in [5, 5.41) is 12.7. The van der Waals surface area contributed by atoms with Crippen molar-refractivity contribution in [3.05, 3.63) is 70.4 Å². The first-order chi connectivity index (χ1) is 13.9. The van der Waals surface area contributed by atoms with Crippen molar-refractivity contribution in [3.63, 3.8) is 0 Å². The first-order valence-electron chi connectivity index (χ1n) is 9.27. The highest BCUT2D eigenvalue weighted by Gasteiger charge is 2.20. The van der Waals surface area contributed by atoms with E-state index < -0.39 is 11.9 Å². The maximum absolute atomic E-state index is 13.1. The Labute approximate surface area is 173 Å². The number of nitrogens with one attached hydrogen (secondary N) is 1. The van der Waals surface area contributed by atoms with Crippen LogP contribution in [-0.4, -0.2) is 37.6 Å². The second-order valence-corrected chi connectivity index (χ2v) is 7.47. The number of carbonyl (C=O) groups excluding carboxylic acids is 1. The highest BCUT2D eigenvalue weighted by atomic mass is 35.5. The zero-order valence-electron chi connectivity index (χ0n) is 16.3. The zero-order valence-corrected chi connectivity index (χ0v) is 17.1. The Morgan fingerprint density at radius 2 is 2.07 bits per heavy atom. The molecular formula is C21H23ClN4O3. The number of rotatable bonds is 7. The number of amides is 1. The van der Waals surface area contributed by atoms with Crippen molar-refractivity contribution in [3.8, 4) is 11.3 Å². The standard InChI is InChI=1S/C21H23ClN4O3/c1-4-9-26-18(14-7-5-6-8-15(14)22)11-25-10-16(23-19(25)21(26)29)20(28)24-17(12-27)13(2)3/h4-8,10-11,13,17,27H,1,9,12H2,2-3H3,(H,24,28)/t17-/m1/s1. The number of aromatic nitrogens is 3. The third kappa shape index (κ3) is 4.11. The molecule has 2 heterocycles. The minimum atomic E-state index is -0.449. The van der Waals surface area contributed by atoms with Crippen LogP contribution < -0.4 is 10.9 Å². The summed E-state index contributed by atoms with van der Waals surface area (Å²) < 4.78 is 3.04. The maximum Gasteiger partial charge on any atom is 0.295 e. The van der Waals surface area contributed by atoms with Gasteiger partial charge in [0.05, 0.1) is 18.3 Å². The minimum Gasteiger partial charge on any atom is -0.394 e. The third-order valence-corrected chi connectivity index (χ3v) is 5.06. The molecule has 0 spiro atoms. The van der Waals surface area contributed by atoms with Gasteiger partial charge in [-0.15, -0.1) is 6.58 Å². The Morgan fingerprint density at radius 1 is 1.34 bits per heavy atom. The van der Waals surface area contributed by atoms with E-state index in [1.54, 1.807) is 18.3 Å². The van der Waals surface area contributed by atoms with Crippen LogP contribution in [0.5, 0.6) is 0 Å². The van der Waals surface area contributed by atoms with Crippen molar-refractivity contribution < 1.29 is 9.90 Å². The molecule has 2 aromatic heterocycles. The van der Waals surface area contributed by atoms with E-state index in [2.05, 4.69) is 16.9 Å². The molecule has 0 aliphatic carbocycles. The van der Waals surface area contributed by atoms with Crippen LogP contribution in [0.1, 0.15) is 24.3 Å². The monoisotopic (exact) mass is 414 g/mol. The lowest BCUT2D eigenvalue weighted by atomic mass is 10.1. The molecule has 0 radical (unpaired) electrons. The largest absolute Gasteiger partial charge is 0.394 e. The van der Waals surface area contributed by atoms with Crippen molar-refractivity contribution in [1.29, 1.82) is 0 Å². The number of imidazole rings is 1. The molecule has 3 aromatic rings. The molecule has 0 saturated heterocycles. The van der Waals surface area contributed by atoms with Crippen molar-refractivity contribution in [2.75, 3.05) is 6.61 Å². The molecule has 7 nitrogen and oxygen atoms in total. The van der Waals surface area contributed by atoms with E-state index in [-0.39, 0.29) is 36.0 Å². The number of aliphatic hydroxyl groups excluding tert-OH is 1. The first kappa shape index (κ1) is 20.8. The fourth-order valence-electron chi connectivity index (χ4n) is 3.05. The molecule has 3 rings (SSSR count). The maximum atomic E-state index is 13.1. The smallest absolute Gasteiger partial charge is 0.295 e. The average Bonchev–Trinajstić information content (AvgIpc) is 3.13. The normalized spacial score (nSPS) is 12.3. The predicted octanol–water partition coefficient (Wildman–Crippen LogP) is 2.75. The first-order valence-corrected chi connectivity index (χ1v) is 9.65. The topological polar surface area (TPSA) is 88.6 Å². The molecule has 0 bridgehead atoms. The average molecular weight is 415 g/mol. The van der Waals surface area contributed by atoms with Crippen LogP contribution in [0.15, 0.2) is 54.1 Å². The van der Waals surface area contributed by atoms with Gasteiger partial charge in [0, 0.05) is 29.5 Å². The van der Waals surface area contributed by atoms with E-state index in [0.717, 1.165) is 0 Å². The van der Waals surface area contributed by atoms with Crippen LogP contribution in [0.3, 0.4) is 0 Å². The Bertz CT molecular complexity index is 1120. The van der Waals surface area contributed by atoms with Gasteiger partial charge in [-0.3, -0.25) is 18.6 Å². The lowest BCUT2D eigenvalue weighted by Gasteiger charge is -2.18. The van der Waals surface area contributed by atoms with E-state index in [4.69, 9.17) is 11.6 Å². The highest BCUT2D eigenvalue weighted by Crippen LogP contribution is 2.27. The van der Waals surface area contributed by atoms with Crippen LogP contribution in [0.2, 0.25) is 5.02 Å². The number of hydrogen-bond donors (Lipinski definition) is 2. The van der Waals surface area contributed by atoms with Gasteiger partial charge in [0.15, 0.2) is 0 Å². The van der Waals surface area contributed by atoms with Gasteiger partial charge in [0.2, 0.25) is 5.65 Å². The predicted molar refractivity (Wildman–Crippen MR) is 113 cm³/mol. The lowest BCUT2D eigenvalue weighted by molar-refractivity contribution is 0.0892. The lowest BCUT2D eigenvalue weighted by Crippen LogP contribution is -2.41. The number of halogens is 1. The Balaban J connectivity index is 2.13. The number of benzene rings is 1. The Morgan fingerprint density at radius 3 is 2.69 bits per heavy atom. The molecule has 0 saturated carbocycles. The fourth-order valence-corrected chi connectivity index (χ4v) is 3.28. The number of nitrogens with zero attached hydrogens (tertiary/aromatic N) is 3. The molecule has 0 fully saturated rings. The number of hydrogen-bond acceptors (Lipinski definition) is 4. The van der Waals surface area contributed by atoms with Gasteiger partial charge >= 0.3 is 0 Å². The summed E-state index contributed by atoms with van der Waals surface area (Å²) in [5.41, 5.74) is 1.15. The van der Waals surface area contributed by atoms with Crippen molar-refractivity contribution >= 4 is 23.2 Å². The summed E-state index contributed by atoms with van der Waals surface area (Å²) in [6.07, 6.45) is 4.83. The summed E-state index contributed by atoms with van der Waals surface area (Å²) >= 11 is 6.34. The molecule has 29 heavy (non-hydrogen) atoms. The Kier molecular flexibility index (Phi) is 6.20. The summed E-state index contributed by atoms with van der Waals surface area (Å²) in [4.78, 5) is 29.9. The number of fused-ring (bicyclic) bond motifs is 1. The SMILES string of the molecule is C=CCn1c(-c2ccccc2Cl)cn2cc(C(=O)N[C@H](CO)C(C)C)nc2c1=O. The number of carbonyl (C=O) groups is 1. The molecule has 0 aliphatic heterocycles. The van der Waals surface area contributed by atoms with Crippen LogP contribution in [-0.2, 0) is 6.54 Å². The molecule has 8 heteroatoms. The summed E-state index contributed by atoms with van der Waals surface area (Å²) in [5.74, 6) is -0.395.